The van der Waals surface area contributed by atoms with Gasteiger partial charge in [-0.2, -0.15) is 0 Å². The normalized spacial score (nSPS) is 11.8. The summed E-state index contributed by atoms with van der Waals surface area (Å²) < 4.78 is 52.4. The molecule has 0 radical (unpaired) electrons. The Kier molecular flexibility index (Phi) is 3.29. The first-order valence-corrected chi connectivity index (χ1v) is 7.11. The molecular formula is C11H8BrF2NO2S. The Morgan fingerprint density at radius 3 is 2.22 bits per heavy atom. The van der Waals surface area contributed by atoms with E-state index in [2.05, 4.69) is 15.9 Å². The molecule has 7 heteroatoms. The van der Waals surface area contributed by atoms with Gasteiger partial charge in [-0.1, -0.05) is 6.07 Å². The van der Waals surface area contributed by atoms with E-state index in [-0.39, 0.29) is 4.60 Å². The van der Waals surface area contributed by atoms with Crippen LogP contribution in [0.5, 0.6) is 0 Å². The van der Waals surface area contributed by atoms with Crippen molar-refractivity contribution in [2.45, 2.75) is 11.8 Å². The van der Waals surface area contributed by atoms with Crippen LogP contribution in [0.3, 0.4) is 0 Å². The SMILES string of the molecule is Cc1cc(Br)n(S(=O)(=O)c2c(F)cccc2F)c1. The topological polar surface area (TPSA) is 39.1 Å². The average Bonchev–Trinajstić information content (AvgIpc) is 2.57. The average molecular weight is 336 g/mol. The van der Waals surface area contributed by atoms with E-state index in [1.54, 1.807) is 6.92 Å². The van der Waals surface area contributed by atoms with Crippen LogP contribution in [0.2, 0.25) is 0 Å². The van der Waals surface area contributed by atoms with E-state index in [4.69, 9.17) is 0 Å². The molecular weight excluding hydrogens is 328 g/mol. The Morgan fingerprint density at radius 2 is 1.78 bits per heavy atom. The number of aromatic nitrogens is 1. The minimum absolute atomic E-state index is 0.211. The second kappa shape index (κ2) is 4.47. The standard InChI is InChI=1S/C11H8BrF2NO2S/c1-7-5-10(12)15(6-7)18(16,17)11-8(13)3-2-4-9(11)14/h2-6H,1H3. The highest BCUT2D eigenvalue weighted by Crippen LogP contribution is 2.25. The lowest BCUT2D eigenvalue weighted by atomic mass is 10.3. The summed E-state index contributed by atoms with van der Waals surface area (Å²) in [5, 5.41) is 0. The summed E-state index contributed by atoms with van der Waals surface area (Å²) in [6.07, 6.45) is 1.28. The number of aryl methyl sites for hydroxylation is 1. The maximum absolute atomic E-state index is 13.5. The predicted molar refractivity (Wildman–Crippen MR) is 65.8 cm³/mol. The summed E-state index contributed by atoms with van der Waals surface area (Å²) in [4.78, 5) is -0.957. The number of nitrogens with zero attached hydrogens (tertiary/aromatic N) is 1. The third-order valence-corrected chi connectivity index (χ3v) is 4.89. The van der Waals surface area contributed by atoms with Gasteiger partial charge in [-0.25, -0.2) is 21.2 Å². The molecule has 0 bridgehead atoms. The molecule has 0 aliphatic heterocycles. The molecule has 0 aliphatic rings. The van der Waals surface area contributed by atoms with Crippen LogP contribution in [0, 0.1) is 18.6 Å². The van der Waals surface area contributed by atoms with Gasteiger partial charge in [-0.05, 0) is 46.6 Å². The van der Waals surface area contributed by atoms with Crippen molar-refractivity contribution in [3.05, 3.63) is 52.3 Å². The van der Waals surface area contributed by atoms with Crippen molar-refractivity contribution in [1.82, 2.24) is 3.97 Å². The largest absolute Gasteiger partial charge is 0.274 e. The fraction of sp³-hybridized carbons (Fsp3) is 0.0909. The molecule has 0 spiro atoms. The third-order valence-electron chi connectivity index (χ3n) is 2.31. The Balaban J connectivity index is 2.74. The monoisotopic (exact) mass is 335 g/mol. The summed E-state index contributed by atoms with van der Waals surface area (Å²) in [7, 11) is -4.29. The first-order chi connectivity index (χ1) is 8.34. The van der Waals surface area contributed by atoms with Crippen LogP contribution in [0.1, 0.15) is 5.56 Å². The van der Waals surface area contributed by atoms with Gasteiger partial charge in [0.2, 0.25) is 0 Å². The van der Waals surface area contributed by atoms with Gasteiger partial charge in [0.1, 0.15) is 11.6 Å². The van der Waals surface area contributed by atoms with Crippen molar-refractivity contribution in [1.29, 1.82) is 0 Å². The summed E-state index contributed by atoms with van der Waals surface area (Å²) in [6.45, 7) is 1.68. The third kappa shape index (κ3) is 2.08. The Morgan fingerprint density at radius 1 is 1.22 bits per heavy atom. The maximum atomic E-state index is 13.5. The van der Waals surface area contributed by atoms with Crippen molar-refractivity contribution in [2.75, 3.05) is 0 Å². The van der Waals surface area contributed by atoms with Gasteiger partial charge in [-0.15, -0.1) is 0 Å². The van der Waals surface area contributed by atoms with E-state index >= 15 is 0 Å². The molecule has 1 aromatic carbocycles. The van der Waals surface area contributed by atoms with Gasteiger partial charge < -0.3 is 0 Å². The first kappa shape index (κ1) is 13.2. The fourth-order valence-electron chi connectivity index (χ4n) is 1.55. The van der Waals surface area contributed by atoms with Crippen LogP contribution in [0.4, 0.5) is 8.78 Å². The Labute approximate surface area is 111 Å². The second-order valence-electron chi connectivity index (χ2n) is 3.69. The Hall–Kier alpha value is -1.21. The van der Waals surface area contributed by atoms with Crippen molar-refractivity contribution in [3.63, 3.8) is 0 Å². The molecule has 0 amide bonds. The molecule has 0 unspecified atom stereocenters. The molecule has 2 rings (SSSR count). The van der Waals surface area contributed by atoms with E-state index < -0.39 is 26.6 Å². The number of benzene rings is 1. The quantitative estimate of drug-likeness (QED) is 0.846. The lowest BCUT2D eigenvalue weighted by molar-refractivity contribution is 0.515. The van der Waals surface area contributed by atoms with Crippen molar-refractivity contribution >= 4 is 26.0 Å². The van der Waals surface area contributed by atoms with Crippen LogP contribution in [0.15, 0.2) is 40.0 Å². The van der Waals surface area contributed by atoms with E-state index in [1.165, 1.54) is 12.3 Å². The van der Waals surface area contributed by atoms with Crippen LogP contribution < -0.4 is 0 Å². The molecule has 0 fully saturated rings. The number of halogens is 3. The number of hydrogen-bond acceptors (Lipinski definition) is 2. The highest BCUT2D eigenvalue weighted by molar-refractivity contribution is 9.10. The summed E-state index contributed by atoms with van der Waals surface area (Å²) in [5.74, 6) is -2.23. The molecule has 2 aromatic rings. The predicted octanol–water partition coefficient (Wildman–Crippen LogP) is 3.07. The van der Waals surface area contributed by atoms with Gasteiger partial charge in [0, 0.05) is 6.20 Å². The van der Waals surface area contributed by atoms with Crippen molar-refractivity contribution in [2.24, 2.45) is 0 Å². The molecule has 0 saturated carbocycles. The minimum Gasteiger partial charge on any atom is -0.235 e. The van der Waals surface area contributed by atoms with Crippen molar-refractivity contribution < 1.29 is 17.2 Å². The molecule has 0 aliphatic carbocycles. The zero-order valence-electron chi connectivity index (χ0n) is 9.19. The van der Waals surface area contributed by atoms with E-state index in [9.17, 15) is 17.2 Å². The minimum atomic E-state index is -4.29. The highest BCUT2D eigenvalue weighted by atomic mass is 79.9. The zero-order chi connectivity index (χ0) is 13.5. The highest BCUT2D eigenvalue weighted by Gasteiger charge is 2.27. The molecule has 0 saturated heterocycles. The number of rotatable bonds is 2. The van der Waals surface area contributed by atoms with E-state index in [0.717, 1.165) is 22.2 Å². The van der Waals surface area contributed by atoms with Gasteiger partial charge in [0.25, 0.3) is 10.0 Å². The van der Waals surface area contributed by atoms with Gasteiger partial charge >= 0.3 is 0 Å². The molecule has 3 nitrogen and oxygen atoms in total. The van der Waals surface area contributed by atoms with E-state index in [1.807, 2.05) is 0 Å². The van der Waals surface area contributed by atoms with Crippen LogP contribution in [-0.2, 0) is 10.0 Å². The summed E-state index contributed by atoms with van der Waals surface area (Å²) in [5.41, 5.74) is 0.655. The Bertz CT molecular complexity index is 690. The molecule has 18 heavy (non-hydrogen) atoms. The lowest BCUT2D eigenvalue weighted by Gasteiger charge is -2.08. The van der Waals surface area contributed by atoms with Gasteiger partial charge in [-0.3, -0.25) is 0 Å². The van der Waals surface area contributed by atoms with Gasteiger partial charge in [0.15, 0.2) is 4.90 Å². The molecule has 1 heterocycles. The zero-order valence-corrected chi connectivity index (χ0v) is 11.6. The summed E-state index contributed by atoms with van der Waals surface area (Å²) >= 11 is 3.04. The molecule has 0 N–H and O–H groups in total. The maximum Gasteiger partial charge on any atom is 0.274 e. The fourth-order valence-corrected chi connectivity index (χ4v) is 4.00. The molecule has 1 aromatic heterocycles. The van der Waals surface area contributed by atoms with E-state index in [0.29, 0.717) is 5.56 Å². The second-order valence-corrected chi connectivity index (χ2v) is 6.26. The smallest absolute Gasteiger partial charge is 0.235 e. The van der Waals surface area contributed by atoms with Crippen molar-refractivity contribution in [3.8, 4) is 0 Å². The van der Waals surface area contributed by atoms with Crippen LogP contribution in [0.25, 0.3) is 0 Å². The van der Waals surface area contributed by atoms with Gasteiger partial charge in [0.05, 0.1) is 4.60 Å². The molecule has 0 atom stereocenters. The van der Waals surface area contributed by atoms with Crippen LogP contribution in [-0.4, -0.2) is 12.4 Å². The number of hydrogen-bond donors (Lipinski definition) is 0. The lowest BCUT2D eigenvalue weighted by Crippen LogP contribution is -2.15. The van der Waals surface area contributed by atoms with Crippen LogP contribution >= 0.6 is 15.9 Å². The first-order valence-electron chi connectivity index (χ1n) is 4.88. The summed E-state index contributed by atoms with van der Waals surface area (Å²) in [6, 6.07) is 4.45. The molecule has 96 valence electrons.